The monoisotopic (exact) mass is 459 g/mol. The van der Waals surface area contributed by atoms with Gasteiger partial charge in [0, 0.05) is 12.6 Å². The van der Waals surface area contributed by atoms with Crippen LogP contribution in [-0.2, 0) is 4.79 Å². The van der Waals surface area contributed by atoms with E-state index in [4.69, 9.17) is 0 Å². The predicted octanol–water partition coefficient (Wildman–Crippen LogP) is 4.39. The number of piperidine rings is 1. The van der Waals surface area contributed by atoms with E-state index in [9.17, 15) is 14.4 Å². The predicted molar refractivity (Wildman–Crippen MR) is 130 cm³/mol. The highest BCUT2D eigenvalue weighted by atomic mass is 32.1. The van der Waals surface area contributed by atoms with Crippen LogP contribution in [0.25, 0.3) is 11.1 Å². The number of carbonyl (C=O) groups is 3. The van der Waals surface area contributed by atoms with Crippen molar-refractivity contribution >= 4 is 34.7 Å². The van der Waals surface area contributed by atoms with Gasteiger partial charge < -0.3 is 15.5 Å². The molecule has 0 radical (unpaired) electrons. The summed E-state index contributed by atoms with van der Waals surface area (Å²) in [6.45, 7) is 4.56. The molecule has 2 N–H and O–H groups in total. The maximum Gasteiger partial charge on any atom is 0.261 e. The average molecular weight is 460 g/mol. The zero-order chi connectivity index (χ0) is 23.1. The largest absolute Gasteiger partial charge is 0.348 e. The Kier molecular flexibility index (Phi) is 5.50. The van der Waals surface area contributed by atoms with Crippen LogP contribution in [0.4, 0.5) is 5.69 Å². The number of hydrogen-bond donors (Lipinski definition) is 2. The van der Waals surface area contributed by atoms with Crippen molar-refractivity contribution in [2.45, 2.75) is 38.8 Å². The third kappa shape index (κ3) is 3.93. The van der Waals surface area contributed by atoms with E-state index in [0.29, 0.717) is 35.5 Å². The number of hydrogen-bond acceptors (Lipinski definition) is 4. The van der Waals surface area contributed by atoms with Crippen molar-refractivity contribution in [2.75, 3.05) is 11.9 Å². The van der Waals surface area contributed by atoms with Crippen LogP contribution >= 0.6 is 11.3 Å². The molecule has 0 saturated carbocycles. The van der Waals surface area contributed by atoms with Crippen LogP contribution in [0.15, 0.2) is 53.9 Å². The zero-order valence-electron chi connectivity index (χ0n) is 18.6. The van der Waals surface area contributed by atoms with Crippen LogP contribution < -0.4 is 10.6 Å². The molecule has 6 nitrogen and oxygen atoms in total. The minimum atomic E-state index is -0.614. The minimum absolute atomic E-state index is 0.134. The van der Waals surface area contributed by atoms with Crippen LogP contribution in [0.1, 0.15) is 44.0 Å². The molecule has 168 valence electrons. The van der Waals surface area contributed by atoms with Gasteiger partial charge in [-0.2, -0.15) is 0 Å². The molecule has 1 aromatic heterocycles. The van der Waals surface area contributed by atoms with E-state index < -0.39 is 6.04 Å². The van der Waals surface area contributed by atoms with Gasteiger partial charge in [0.15, 0.2) is 0 Å². The number of aryl methyl sites for hydroxylation is 1. The molecule has 3 aromatic rings. The van der Waals surface area contributed by atoms with E-state index in [1.165, 1.54) is 22.5 Å². The molecule has 2 atom stereocenters. The molecule has 1 fully saturated rings. The first-order chi connectivity index (χ1) is 15.9. The van der Waals surface area contributed by atoms with E-state index in [1.54, 1.807) is 11.0 Å². The second-order valence-electron chi connectivity index (χ2n) is 8.68. The van der Waals surface area contributed by atoms with E-state index >= 15 is 0 Å². The van der Waals surface area contributed by atoms with Crippen molar-refractivity contribution in [3.63, 3.8) is 0 Å². The van der Waals surface area contributed by atoms with Crippen LogP contribution in [0.3, 0.4) is 0 Å². The van der Waals surface area contributed by atoms with Crippen molar-refractivity contribution in [1.29, 1.82) is 0 Å². The van der Waals surface area contributed by atoms with Crippen molar-refractivity contribution in [1.82, 2.24) is 10.2 Å². The normalized spacial score (nSPS) is 19.9. The summed E-state index contributed by atoms with van der Waals surface area (Å²) >= 11 is 1.38. The number of benzene rings is 2. The van der Waals surface area contributed by atoms with Crippen molar-refractivity contribution in [3.8, 4) is 11.1 Å². The quantitative estimate of drug-likeness (QED) is 0.610. The fourth-order valence-electron chi connectivity index (χ4n) is 4.68. The molecule has 2 aromatic carbocycles. The molecular weight excluding hydrogens is 434 g/mol. The molecular formula is C26H25N3O3S. The Morgan fingerprint density at radius 2 is 1.94 bits per heavy atom. The lowest BCUT2D eigenvalue weighted by atomic mass is 9.94. The highest BCUT2D eigenvalue weighted by molar-refractivity contribution is 7.12. The lowest BCUT2D eigenvalue weighted by Gasteiger charge is -2.37. The fourth-order valence-corrected chi connectivity index (χ4v) is 5.31. The van der Waals surface area contributed by atoms with E-state index in [-0.39, 0.29) is 23.8 Å². The van der Waals surface area contributed by atoms with Crippen LogP contribution in [0.2, 0.25) is 0 Å². The summed E-state index contributed by atoms with van der Waals surface area (Å²) in [5, 5.41) is 7.83. The first-order valence-corrected chi connectivity index (χ1v) is 12.0. The van der Waals surface area contributed by atoms with Crippen molar-refractivity contribution in [3.05, 3.63) is 75.5 Å². The summed E-state index contributed by atoms with van der Waals surface area (Å²) in [6, 6.07) is 14.6. The molecule has 2 aliphatic heterocycles. The summed E-state index contributed by atoms with van der Waals surface area (Å²) in [4.78, 5) is 41.3. The summed E-state index contributed by atoms with van der Waals surface area (Å²) < 4.78 is 0. The summed E-state index contributed by atoms with van der Waals surface area (Å²) in [7, 11) is 0. The van der Waals surface area contributed by atoms with Gasteiger partial charge in [-0.05, 0) is 72.5 Å². The number of anilines is 1. The van der Waals surface area contributed by atoms with Crippen LogP contribution in [-0.4, -0.2) is 41.2 Å². The zero-order valence-corrected chi connectivity index (χ0v) is 19.4. The third-order valence-corrected chi connectivity index (χ3v) is 7.54. The highest BCUT2D eigenvalue weighted by Gasteiger charge is 2.40. The Labute approximate surface area is 196 Å². The molecule has 2 aliphatic rings. The number of nitrogens with one attached hydrogen (secondary N) is 2. The molecule has 3 heterocycles. The summed E-state index contributed by atoms with van der Waals surface area (Å²) in [5.41, 5.74) is 5.43. The van der Waals surface area contributed by atoms with Gasteiger partial charge in [0.25, 0.3) is 11.8 Å². The number of thiophene rings is 1. The first-order valence-electron chi connectivity index (χ1n) is 11.1. The molecule has 0 bridgehead atoms. The van der Waals surface area contributed by atoms with E-state index in [0.717, 1.165) is 11.1 Å². The van der Waals surface area contributed by atoms with Gasteiger partial charge in [0.2, 0.25) is 5.91 Å². The Hall–Kier alpha value is -3.45. The molecule has 33 heavy (non-hydrogen) atoms. The number of nitrogens with zero attached hydrogens (tertiary/aromatic N) is 1. The molecule has 1 saturated heterocycles. The maximum absolute atomic E-state index is 13.5. The molecule has 7 heteroatoms. The third-order valence-electron chi connectivity index (χ3n) is 6.67. The lowest BCUT2D eigenvalue weighted by molar-refractivity contribution is -0.121. The SMILES string of the molecule is Cc1cccc(-c2ccc3c(c2)C(=O)N2CCC(NC(=O)c4cccs4)CC2C(=O)N3)c1C. The maximum atomic E-state index is 13.5. The van der Waals surface area contributed by atoms with Gasteiger partial charge in [-0.15, -0.1) is 11.3 Å². The average Bonchev–Trinajstić information content (AvgIpc) is 3.33. The highest BCUT2D eigenvalue weighted by Crippen LogP contribution is 2.33. The molecule has 0 aliphatic carbocycles. The second-order valence-corrected chi connectivity index (χ2v) is 9.63. The molecule has 3 amide bonds. The van der Waals surface area contributed by atoms with E-state index in [2.05, 4.69) is 30.5 Å². The summed E-state index contributed by atoms with van der Waals surface area (Å²) in [6.07, 6.45) is 1.01. The Bertz CT molecular complexity index is 1250. The Balaban J connectivity index is 1.40. The van der Waals surface area contributed by atoms with Crippen molar-refractivity contribution in [2.24, 2.45) is 0 Å². The molecule has 2 unspecified atom stereocenters. The Morgan fingerprint density at radius 1 is 1.09 bits per heavy atom. The van der Waals surface area contributed by atoms with Crippen LogP contribution in [0, 0.1) is 13.8 Å². The lowest BCUT2D eigenvalue weighted by Crippen LogP contribution is -2.54. The number of rotatable bonds is 3. The number of carbonyl (C=O) groups excluding carboxylic acids is 3. The topological polar surface area (TPSA) is 78.5 Å². The number of fused-ring (bicyclic) bond motifs is 2. The van der Waals surface area contributed by atoms with Gasteiger partial charge >= 0.3 is 0 Å². The number of amides is 3. The van der Waals surface area contributed by atoms with Crippen molar-refractivity contribution < 1.29 is 14.4 Å². The molecule has 5 rings (SSSR count). The molecule has 0 spiro atoms. The minimum Gasteiger partial charge on any atom is -0.348 e. The van der Waals surface area contributed by atoms with Gasteiger partial charge in [0.1, 0.15) is 6.04 Å². The van der Waals surface area contributed by atoms with Crippen LogP contribution in [0.5, 0.6) is 0 Å². The summed E-state index contributed by atoms with van der Waals surface area (Å²) in [5.74, 6) is -0.495. The second kappa shape index (κ2) is 8.48. The Morgan fingerprint density at radius 3 is 2.73 bits per heavy atom. The van der Waals surface area contributed by atoms with Gasteiger partial charge in [-0.25, -0.2) is 0 Å². The van der Waals surface area contributed by atoms with Gasteiger partial charge in [0.05, 0.1) is 16.1 Å². The van der Waals surface area contributed by atoms with Gasteiger partial charge in [-0.1, -0.05) is 30.3 Å². The first kappa shape index (κ1) is 21.4. The standard InChI is InChI=1S/C26H25N3O3S/c1-15-5-3-6-19(16(15)2)17-8-9-21-20(13-17)26(32)29-11-10-18(14-22(29)24(30)28-21)27-25(31)23-7-4-12-33-23/h3-9,12-13,18,22H,10-11,14H2,1-2H3,(H,27,31)(H,28,30). The van der Waals surface area contributed by atoms with E-state index in [1.807, 2.05) is 41.8 Å². The van der Waals surface area contributed by atoms with Gasteiger partial charge in [-0.3, -0.25) is 14.4 Å². The smallest absolute Gasteiger partial charge is 0.261 e. The fraction of sp³-hybridized carbons (Fsp3) is 0.269.